The first-order valence-corrected chi connectivity index (χ1v) is 9.95. The molecule has 2 rings (SSSR count). The lowest BCUT2D eigenvalue weighted by molar-refractivity contribution is -0.123. The van der Waals surface area contributed by atoms with E-state index >= 15 is 0 Å². The van der Waals surface area contributed by atoms with Gasteiger partial charge in [0.2, 0.25) is 5.91 Å². The maximum atomic E-state index is 13.1. The Bertz CT molecular complexity index is 674. The van der Waals surface area contributed by atoms with Crippen LogP contribution in [0.15, 0.2) is 24.3 Å². The highest BCUT2D eigenvalue weighted by Crippen LogP contribution is 2.22. The predicted molar refractivity (Wildman–Crippen MR) is 91.8 cm³/mol. The van der Waals surface area contributed by atoms with E-state index in [4.69, 9.17) is 0 Å². The lowest BCUT2D eigenvalue weighted by Crippen LogP contribution is -2.43. The molecule has 1 aliphatic heterocycles. The molecular formula is C17H25FN2O3S. The molecular weight excluding hydrogens is 331 g/mol. The van der Waals surface area contributed by atoms with Crippen molar-refractivity contribution in [1.82, 2.24) is 10.2 Å². The van der Waals surface area contributed by atoms with Gasteiger partial charge in [-0.05, 0) is 37.1 Å². The lowest BCUT2D eigenvalue weighted by atomic mass is 9.96. The number of carbonyl (C=O) groups is 1. The van der Waals surface area contributed by atoms with Crippen molar-refractivity contribution in [3.05, 3.63) is 35.6 Å². The number of sulfone groups is 1. The van der Waals surface area contributed by atoms with Crippen molar-refractivity contribution in [1.29, 1.82) is 0 Å². The van der Waals surface area contributed by atoms with Gasteiger partial charge in [-0.15, -0.1) is 0 Å². The maximum Gasteiger partial charge on any atom is 0.234 e. The number of hydrogen-bond donors (Lipinski definition) is 1. The average Bonchev–Trinajstić information content (AvgIpc) is 2.86. The van der Waals surface area contributed by atoms with E-state index in [1.807, 2.05) is 13.8 Å². The van der Waals surface area contributed by atoms with E-state index in [2.05, 4.69) is 5.32 Å². The third-order valence-electron chi connectivity index (χ3n) is 4.44. The molecule has 0 radical (unpaired) electrons. The summed E-state index contributed by atoms with van der Waals surface area (Å²) in [5.74, 6) is -0.0212. The van der Waals surface area contributed by atoms with Gasteiger partial charge in [0, 0.05) is 6.04 Å². The molecule has 5 nitrogen and oxygen atoms in total. The van der Waals surface area contributed by atoms with E-state index in [-0.39, 0.29) is 47.8 Å². The van der Waals surface area contributed by atoms with E-state index in [0.29, 0.717) is 6.42 Å². The Balaban J connectivity index is 1.97. The third kappa shape index (κ3) is 5.01. The highest BCUT2D eigenvalue weighted by molar-refractivity contribution is 7.91. The Kier molecular flexibility index (Phi) is 5.98. The minimum Gasteiger partial charge on any atom is -0.348 e. The third-order valence-corrected chi connectivity index (χ3v) is 6.19. The Hall–Kier alpha value is -1.47. The first-order valence-electron chi connectivity index (χ1n) is 8.13. The zero-order valence-electron chi connectivity index (χ0n) is 14.3. The lowest BCUT2D eigenvalue weighted by Gasteiger charge is -2.26. The maximum absolute atomic E-state index is 13.1. The van der Waals surface area contributed by atoms with Gasteiger partial charge in [-0.2, -0.15) is 0 Å². The predicted octanol–water partition coefficient (Wildman–Crippen LogP) is 1.76. The first kappa shape index (κ1) is 18.9. The largest absolute Gasteiger partial charge is 0.348 e. The molecule has 2 unspecified atom stereocenters. The zero-order chi connectivity index (χ0) is 17.9. The van der Waals surface area contributed by atoms with Crippen LogP contribution in [0.5, 0.6) is 0 Å². The summed E-state index contributed by atoms with van der Waals surface area (Å²) in [4.78, 5) is 14.1. The minimum absolute atomic E-state index is 0.107. The second-order valence-electron chi connectivity index (χ2n) is 6.81. The number of likely N-dealkylation sites (N-methyl/N-ethyl adjacent to an activating group) is 1. The molecule has 0 bridgehead atoms. The Morgan fingerprint density at radius 2 is 1.96 bits per heavy atom. The molecule has 1 amide bonds. The standard InChI is InChI=1S/C17H25FN2O3S/c1-12(2)17(13-4-6-14(18)7-5-13)19-16(21)10-20(3)15-8-9-24(22,23)11-15/h4-7,12,15,17H,8-11H2,1-3H3,(H,19,21). The summed E-state index contributed by atoms with van der Waals surface area (Å²) in [5, 5.41) is 2.97. The molecule has 0 aromatic heterocycles. The van der Waals surface area contributed by atoms with Crippen LogP contribution in [0.4, 0.5) is 4.39 Å². The molecule has 1 saturated heterocycles. The molecule has 1 heterocycles. The fourth-order valence-electron chi connectivity index (χ4n) is 3.00. The van der Waals surface area contributed by atoms with E-state index in [1.54, 1.807) is 24.1 Å². The van der Waals surface area contributed by atoms with E-state index < -0.39 is 9.84 Å². The van der Waals surface area contributed by atoms with Gasteiger partial charge in [0.25, 0.3) is 0 Å². The number of amides is 1. The number of nitrogens with zero attached hydrogens (tertiary/aromatic N) is 1. The molecule has 1 aromatic carbocycles. The quantitative estimate of drug-likeness (QED) is 0.843. The van der Waals surface area contributed by atoms with E-state index in [0.717, 1.165) is 5.56 Å². The summed E-state index contributed by atoms with van der Waals surface area (Å²) in [6.07, 6.45) is 0.567. The molecule has 0 spiro atoms. The van der Waals surface area contributed by atoms with Crippen LogP contribution in [0.1, 0.15) is 31.9 Å². The molecule has 1 fully saturated rings. The molecule has 7 heteroatoms. The SMILES string of the molecule is CC(C)C(NC(=O)CN(C)C1CCS(=O)(=O)C1)c1ccc(F)cc1. The van der Waals surface area contributed by atoms with Crippen LogP contribution >= 0.6 is 0 Å². The highest BCUT2D eigenvalue weighted by atomic mass is 32.2. The second-order valence-corrected chi connectivity index (χ2v) is 9.04. The van der Waals surface area contributed by atoms with Crippen molar-refractivity contribution in [2.75, 3.05) is 25.1 Å². The fourth-order valence-corrected chi connectivity index (χ4v) is 4.81. The molecule has 2 atom stereocenters. The minimum atomic E-state index is -2.97. The number of hydrogen-bond acceptors (Lipinski definition) is 4. The molecule has 24 heavy (non-hydrogen) atoms. The molecule has 134 valence electrons. The van der Waals surface area contributed by atoms with Crippen LogP contribution in [0.2, 0.25) is 0 Å². The molecule has 1 aromatic rings. The summed E-state index contributed by atoms with van der Waals surface area (Å²) in [6, 6.07) is 5.79. The Labute approximate surface area is 143 Å². The first-order chi connectivity index (χ1) is 11.2. The molecule has 1 N–H and O–H groups in total. The molecule has 1 aliphatic rings. The van der Waals surface area contributed by atoms with Crippen LogP contribution in [0.25, 0.3) is 0 Å². The van der Waals surface area contributed by atoms with Crippen LogP contribution in [0, 0.1) is 11.7 Å². The highest BCUT2D eigenvalue weighted by Gasteiger charge is 2.31. The van der Waals surface area contributed by atoms with Crippen molar-refractivity contribution in [3.8, 4) is 0 Å². The van der Waals surface area contributed by atoms with E-state index in [1.165, 1.54) is 12.1 Å². The van der Waals surface area contributed by atoms with Crippen molar-refractivity contribution in [2.45, 2.75) is 32.4 Å². The summed E-state index contributed by atoms with van der Waals surface area (Å²) in [6.45, 7) is 4.12. The van der Waals surface area contributed by atoms with Crippen LogP contribution in [-0.2, 0) is 14.6 Å². The van der Waals surface area contributed by atoms with Gasteiger partial charge >= 0.3 is 0 Å². The monoisotopic (exact) mass is 356 g/mol. The second kappa shape index (κ2) is 7.61. The van der Waals surface area contributed by atoms with Crippen molar-refractivity contribution < 1.29 is 17.6 Å². The van der Waals surface area contributed by atoms with Crippen molar-refractivity contribution in [3.63, 3.8) is 0 Å². The van der Waals surface area contributed by atoms with Gasteiger partial charge < -0.3 is 5.32 Å². The molecule has 0 aliphatic carbocycles. The van der Waals surface area contributed by atoms with Gasteiger partial charge in [-0.1, -0.05) is 26.0 Å². The van der Waals surface area contributed by atoms with Gasteiger partial charge in [0.05, 0.1) is 24.1 Å². The van der Waals surface area contributed by atoms with Gasteiger partial charge in [0.15, 0.2) is 9.84 Å². The number of rotatable bonds is 6. The number of benzene rings is 1. The number of nitrogens with one attached hydrogen (secondary N) is 1. The Morgan fingerprint density at radius 1 is 1.33 bits per heavy atom. The van der Waals surface area contributed by atoms with Gasteiger partial charge in [-0.3, -0.25) is 9.69 Å². The fraction of sp³-hybridized carbons (Fsp3) is 0.588. The topological polar surface area (TPSA) is 66.5 Å². The number of carbonyl (C=O) groups excluding carboxylic acids is 1. The summed E-state index contributed by atoms with van der Waals surface area (Å²) in [5.41, 5.74) is 0.853. The summed E-state index contributed by atoms with van der Waals surface area (Å²) < 4.78 is 36.2. The van der Waals surface area contributed by atoms with Crippen molar-refractivity contribution >= 4 is 15.7 Å². The van der Waals surface area contributed by atoms with Gasteiger partial charge in [-0.25, -0.2) is 12.8 Å². The zero-order valence-corrected chi connectivity index (χ0v) is 15.1. The average molecular weight is 356 g/mol. The van der Waals surface area contributed by atoms with Gasteiger partial charge in [0.1, 0.15) is 5.82 Å². The van der Waals surface area contributed by atoms with Crippen LogP contribution < -0.4 is 5.32 Å². The van der Waals surface area contributed by atoms with Crippen LogP contribution in [0.3, 0.4) is 0 Å². The summed E-state index contributed by atoms with van der Waals surface area (Å²) >= 11 is 0. The van der Waals surface area contributed by atoms with Crippen molar-refractivity contribution in [2.24, 2.45) is 5.92 Å². The summed E-state index contributed by atoms with van der Waals surface area (Å²) in [7, 11) is -1.20. The smallest absolute Gasteiger partial charge is 0.234 e. The normalized spacial score (nSPS) is 21.2. The molecule has 0 saturated carbocycles. The van der Waals surface area contributed by atoms with Crippen LogP contribution in [-0.4, -0.2) is 50.4 Å². The van der Waals surface area contributed by atoms with E-state index in [9.17, 15) is 17.6 Å². The number of halogens is 1. The Morgan fingerprint density at radius 3 is 2.46 bits per heavy atom.